The number of hydrogen-bond acceptors (Lipinski definition) is 2. The lowest BCUT2D eigenvalue weighted by Crippen LogP contribution is -2.49. The molecule has 0 saturated heterocycles. The number of fused-ring (bicyclic) bond motifs is 5. The molecule has 7 unspecified atom stereocenters. The Morgan fingerprint density at radius 1 is 1.23 bits per heavy atom. The molecule has 3 saturated carbocycles. The Kier molecular flexibility index (Phi) is 3.47. The van der Waals surface area contributed by atoms with Gasteiger partial charge in [-0.25, -0.2) is 0 Å². The van der Waals surface area contributed by atoms with Gasteiger partial charge in [0.05, 0.1) is 0 Å². The number of nitrogens with zero attached hydrogens (tertiary/aromatic N) is 1. The summed E-state index contributed by atoms with van der Waals surface area (Å²) >= 11 is 0. The smallest absolute Gasteiger partial charge is 0.120 e. The van der Waals surface area contributed by atoms with Crippen LogP contribution in [0.5, 0.6) is 0 Å². The van der Waals surface area contributed by atoms with Crippen molar-refractivity contribution >= 4 is 6.29 Å². The first-order chi connectivity index (χ1) is 10.7. The third-order valence-electron chi connectivity index (χ3n) is 7.88. The summed E-state index contributed by atoms with van der Waals surface area (Å²) in [7, 11) is 0. The zero-order chi connectivity index (χ0) is 15.3. The highest BCUT2D eigenvalue weighted by Gasteiger charge is 2.56. The van der Waals surface area contributed by atoms with E-state index < -0.39 is 0 Å². The molecule has 4 aliphatic rings. The Hall–Kier alpha value is -1.05. The SMILES string of the molecule is C=CN1C=CC2C3CCC4(C)C(CC=O)CCC4C3CCC21. The molecular formula is C20H29NO. The molecule has 1 aliphatic heterocycles. The van der Waals surface area contributed by atoms with Crippen LogP contribution >= 0.6 is 0 Å². The third kappa shape index (κ3) is 1.88. The van der Waals surface area contributed by atoms with Gasteiger partial charge in [0.25, 0.3) is 0 Å². The van der Waals surface area contributed by atoms with E-state index >= 15 is 0 Å². The largest absolute Gasteiger partial charge is 0.352 e. The maximum atomic E-state index is 11.1. The fourth-order valence-electron chi connectivity index (χ4n) is 6.79. The number of carbonyl (C=O) groups excluding carboxylic acids is 1. The second-order valence-corrected chi connectivity index (χ2v) is 8.35. The number of rotatable bonds is 3. The van der Waals surface area contributed by atoms with Gasteiger partial charge in [-0.2, -0.15) is 0 Å². The second-order valence-electron chi connectivity index (χ2n) is 8.35. The van der Waals surface area contributed by atoms with Gasteiger partial charge < -0.3 is 9.69 Å². The molecule has 1 heterocycles. The van der Waals surface area contributed by atoms with Gasteiger partial charge in [0.15, 0.2) is 0 Å². The summed E-state index contributed by atoms with van der Waals surface area (Å²) in [6.07, 6.45) is 16.7. The molecule has 4 rings (SSSR count). The molecule has 0 radical (unpaired) electrons. The Bertz CT molecular complexity index is 498. The van der Waals surface area contributed by atoms with E-state index in [1.807, 2.05) is 6.20 Å². The normalized spacial score (nSPS) is 49.4. The zero-order valence-corrected chi connectivity index (χ0v) is 13.8. The summed E-state index contributed by atoms with van der Waals surface area (Å²) in [6.45, 7) is 6.48. The predicted octanol–water partition coefficient (Wildman–Crippen LogP) is 4.39. The average molecular weight is 299 g/mol. The minimum absolute atomic E-state index is 0.440. The van der Waals surface area contributed by atoms with E-state index in [1.165, 1.54) is 44.8 Å². The van der Waals surface area contributed by atoms with Gasteiger partial charge in [-0.1, -0.05) is 19.6 Å². The van der Waals surface area contributed by atoms with Gasteiger partial charge >= 0.3 is 0 Å². The van der Waals surface area contributed by atoms with Crippen LogP contribution in [0.4, 0.5) is 0 Å². The summed E-state index contributed by atoms with van der Waals surface area (Å²) in [5.41, 5.74) is 0.440. The Morgan fingerprint density at radius 3 is 2.86 bits per heavy atom. The average Bonchev–Trinajstić information content (AvgIpc) is 3.09. The van der Waals surface area contributed by atoms with Crippen LogP contribution in [0.15, 0.2) is 25.1 Å². The molecule has 22 heavy (non-hydrogen) atoms. The summed E-state index contributed by atoms with van der Waals surface area (Å²) < 4.78 is 0. The van der Waals surface area contributed by atoms with Crippen molar-refractivity contribution in [3.63, 3.8) is 0 Å². The predicted molar refractivity (Wildman–Crippen MR) is 88.9 cm³/mol. The maximum Gasteiger partial charge on any atom is 0.120 e. The molecule has 0 amide bonds. The quantitative estimate of drug-likeness (QED) is 0.721. The summed E-state index contributed by atoms with van der Waals surface area (Å²) in [5.74, 6) is 4.02. The van der Waals surface area contributed by atoms with Crippen molar-refractivity contribution < 1.29 is 4.79 Å². The first kappa shape index (κ1) is 14.5. The Balaban J connectivity index is 1.57. The zero-order valence-electron chi connectivity index (χ0n) is 13.8. The van der Waals surface area contributed by atoms with Crippen LogP contribution in [0, 0.1) is 35.0 Å². The molecule has 0 bridgehead atoms. The lowest BCUT2D eigenvalue weighted by Gasteiger charge is -2.54. The van der Waals surface area contributed by atoms with Crippen molar-refractivity contribution in [2.75, 3.05) is 0 Å². The Morgan fingerprint density at radius 2 is 2.09 bits per heavy atom. The first-order valence-corrected chi connectivity index (χ1v) is 9.21. The van der Waals surface area contributed by atoms with Crippen LogP contribution in [-0.4, -0.2) is 17.2 Å². The minimum Gasteiger partial charge on any atom is -0.352 e. The van der Waals surface area contributed by atoms with E-state index in [-0.39, 0.29) is 0 Å². The van der Waals surface area contributed by atoms with Gasteiger partial charge in [-0.15, -0.1) is 0 Å². The summed E-state index contributed by atoms with van der Waals surface area (Å²) in [4.78, 5) is 13.4. The van der Waals surface area contributed by atoms with Gasteiger partial charge in [0.1, 0.15) is 6.29 Å². The van der Waals surface area contributed by atoms with Crippen molar-refractivity contribution in [2.45, 2.75) is 57.9 Å². The lowest BCUT2D eigenvalue weighted by molar-refractivity contribution is -0.110. The van der Waals surface area contributed by atoms with Gasteiger partial charge in [0.2, 0.25) is 0 Å². The van der Waals surface area contributed by atoms with Gasteiger partial charge in [-0.3, -0.25) is 0 Å². The van der Waals surface area contributed by atoms with E-state index in [0.717, 1.165) is 30.1 Å². The molecule has 2 heteroatoms. The molecule has 0 aromatic heterocycles. The highest BCUT2D eigenvalue weighted by Crippen LogP contribution is 2.63. The number of aldehydes is 1. The standard InChI is InChI=1S/C20H29NO/c1-3-21-12-9-17-15-8-11-20(2)14(10-13-22)4-6-18(20)16(15)5-7-19(17)21/h3,9,12-19H,1,4-8,10-11H2,2H3. The number of hydrogen-bond donors (Lipinski definition) is 0. The van der Waals surface area contributed by atoms with E-state index in [1.54, 1.807) is 0 Å². The summed E-state index contributed by atoms with van der Waals surface area (Å²) in [6, 6.07) is 0.676. The molecule has 2 nitrogen and oxygen atoms in total. The molecule has 3 aliphatic carbocycles. The van der Waals surface area contributed by atoms with E-state index in [9.17, 15) is 4.79 Å². The lowest BCUT2D eigenvalue weighted by atomic mass is 9.52. The molecule has 3 fully saturated rings. The highest BCUT2D eigenvalue weighted by molar-refractivity contribution is 5.50. The van der Waals surface area contributed by atoms with Gasteiger partial charge in [-0.05, 0) is 73.8 Å². The van der Waals surface area contributed by atoms with Crippen LogP contribution in [-0.2, 0) is 4.79 Å². The van der Waals surface area contributed by atoms with Crippen LogP contribution in [0.1, 0.15) is 51.9 Å². The van der Waals surface area contributed by atoms with E-state index in [4.69, 9.17) is 0 Å². The molecular weight excluding hydrogens is 270 g/mol. The van der Waals surface area contributed by atoms with E-state index in [0.29, 0.717) is 17.4 Å². The number of carbonyl (C=O) groups is 1. The summed E-state index contributed by atoms with van der Waals surface area (Å²) in [5, 5.41) is 0. The maximum absolute atomic E-state index is 11.1. The van der Waals surface area contributed by atoms with Crippen LogP contribution in [0.3, 0.4) is 0 Å². The molecule has 0 aromatic rings. The molecule has 0 N–H and O–H groups in total. The molecule has 0 aromatic carbocycles. The van der Waals surface area contributed by atoms with Crippen molar-refractivity contribution in [3.05, 3.63) is 25.1 Å². The van der Waals surface area contributed by atoms with Gasteiger partial charge in [0, 0.05) is 24.6 Å². The second kappa shape index (κ2) is 5.25. The van der Waals surface area contributed by atoms with E-state index in [2.05, 4.69) is 30.7 Å². The molecule has 120 valence electrons. The highest BCUT2D eigenvalue weighted by atomic mass is 16.1. The minimum atomic E-state index is 0.440. The molecule has 7 atom stereocenters. The van der Waals surface area contributed by atoms with Crippen molar-refractivity contribution in [3.8, 4) is 0 Å². The van der Waals surface area contributed by atoms with Crippen molar-refractivity contribution in [1.82, 2.24) is 4.90 Å². The van der Waals surface area contributed by atoms with Crippen LogP contribution in [0.2, 0.25) is 0 Å². The van der Waals surface area contributed by atoms with Crippen LogP contribution in [0.25, 0.3) is 0 Å². The molecule has 0 spiro atoms. The monoisotopic (exact) mass is 299 g/mol. The Labute approximate surface area is 134 Å². The van der Waals surface area contributed by atoms with Crippen LogP contribution < -0.4 is 0 Å². The topological polar surface area (TPSA) is 20.3 Å². The van der Waals surface area contributed by atoms with Crippen molar-refractivity contribution in [1.29, 1.82) is 0 Å². The van der Waals surface area contributed by atoms with Crippen molar-refractivity contribution in [2.24, 2.45) is 35.0 Å². The first-order valence-electron chi connectivity index (χ1n) is 9.21. The fraction of sp³-hybridized carbons (Fsp3) is 0.750. The fourth-order valence-corrected chi connectivity index (χ4v) is 6.79. The third-order valence-corrected chi connectivity index (χ3v) is 7.88.